The van der Waals surface area contributed by atoms with Crippen molar-refractivity contribution in [2.45, 2.75) is 31.8 Å². The van der Waals surface area contributed by atoms with Gasteiger partial charge in [0.15, 0.2) is 5.65 Å². The lowest BCUT2D eigenvalue weighted by Gasteiger charge is -2.38. The van der Waals surface area contributed by atoms with Gasteiger partial charge in [0.1, 0.15) is 11.2 Å². The van der Waals surface area contributed by atoms with Crippen molar-refractivity contribution in [3.63, 3.8) is 0 Å². The van der Waals surface area contributed by atoms with E-state index in [1.54, 1.807) is 28.6 Å². The maximum Gasteiger partial charge on any atom is 0.261 e. The van der Waals surface area contributed by atoms with Crippen LogP contribution in [0.3, 0.4) is 0 Å². The Bertz CT molecular complexity index is 1440. The normalized spacial score (nSPS) is 15.6. The highest BCUT2D eigenvalue weighted by Gasteiger charge is 2.35. The fraction of sp³-hybridized carbons (Fsp3) is 0.280. The zero-order valence-corrected chi connectivity index (χ0v) is 18.7. The summed E-state index contributed by atoms with van der Waals surface area (Å²) in [7, 11) is 0. The lowest BCUT2D eigenvalue weighted by molar-refractivity contribution is -0.0163. The molecule has 0 atom stereocenters. The molecule has 5 rings (SSSR count). The first-order valence-corrected chi connectivity index (χ1v) is 11.1. The number of aromatic amines is 1. The Morgan fingerprint density at radius 2 is 1.97 bits per heavy atom. The third kappa shape index (κ3) is 3.99. The number of hydrogen-bond acceptors (Lipinski definition) is 5. The van der Waals surface area contributed by atoms with Gasteiger partial charge in [-0.05, 0) is 49.1 Å². The number of halogens is 1. The molecule has 0 bridgehead atoms. The summed E-state index contributed by atoms with van der Waals surface area (Å²) in [6.07, 6.45) is 3.99. The van der Waals surface area contributed by atoms with E-state index in [2.05, 4.69) is 15.1 Å². The Morgan fingerprint density at radius 1 is 1.21 bits per heavy atom. The number of H-pyrrole nitrogens is 1. The third-order valence-electron chi connectivity index (χ3n) is 6.46. The molecule has 2 aromatic carbocycles. The van der Waals surface area contributed by atoms with Crippen molar-refractivity contribution in [3.05, 3.63) is 87.9 Å². The predicted octanol–water partition coefficient (Wildman–Crippen LogP) is 2.77. The number of piperidine rings is 1. The van der Waals surface area contributed by atoms with Crippen LogP contribution in [0.4, 0.5) is 4.39 Å². The van der Waals surface area contributed by atoms with Crippen LogP contribution in [0.5, 0.6) is 0 Å². The van der Waals surface area contributed by atoms with Crippen LogP contribution in [0.25, 0.3) is 16.7 Å². The molecule has 8 nitrogen and oxygen atoms in total. The zero-order valence-electron chi connectivity index (χ0n) is 18.7. The molecule has 0 aliphatic carbocycles. The monoisotopic (exact) mass is 461 g/mol. The van der Waals surface area contributed by atoms with Gasteiger partial charge < -0.3 is 15.0 Å². The van der Waals surface area contributed by atoms with Gasteiger partial charge in [0, 0.05) is 19.5 Å². The number of carbonyl (C=O) groups is 1. The van der Waals surface area contributed by atoms with Crippen LogP contribution < -0.4 is 5.56 Å². The van der Waals surface area contributed by atoms with Gasteiger partial charge in [-0.3, -0.25) is 9.59 Å². The first-order chi connectivity index (χ1) is 16.3. The summed E-state index contributed by atoms with van der Waals surface area (Å²) in [5.41, 5.74) is 1.35. The van der Waals surface area contributed by atoms with Gasteiger partial charge in [-0.2, -0.15) is 5.10 Å². The summed E-state index contributed by atoms with van der Waals surface area (Å²) < 4.78 is 16.0. The molecule has 1 fully saturated rings. The first-order valence-electron chi connectivity index (χ1n) is 11.1. The Kier molecular flexibility index (Phi) is 5.49. The van der Waals surface area contributed by atoms with E-state index >= 15 is 0 Å². The Labute approximate surface area is 194 Å². The van der Waals surface area contributed by atoms with E-state index in [1.165, 1.54) is 18.6 Å². The smallest absolute Gasteiger partial charge is 0.261 e. The van der Waals surface area contributed by atoms with Gasteiger partial charge in [-0.25, -0.2) is 14.1 Å². The second-order valence-electron chi connectivity index (χ2n) is 8.82. The molecule has 0 unspecified atom stereocenters. The van der Waals surface area contributed by atoms with Crippen molar-refractivity contribution in [3.8, 4) is 5.69 Å². The lowest BCUT2D eigenvalue weighted by atomic mass is 9.85. The van der Waals surface area contributed by atoms with Crippen molar-refractivity contribution < 1.29 is 14.3 Å². The molecule has 0 radical (unpaired) electrons. The molecule has 2 aromatic heterocycles. The molecule has 0 spiro atoms. The van der Waals surface area contributed by atoms with Crippen LogP contribution in [0.2, 0.25) is 0 Å². The molecule has 9 heteroatoms. The van der Waals surface area contributed by atoms with E-state index in [4.69, 9.17) is 0 Å². The Hall–Kier alpha value is -3.85. The average Bonchev–Trinajstić information content (AvgIpc) is 3.27. The number of fused-ring (bicyclic) bond motifs is 1. The highest BCUT2D eigenvalue weighted by molar-refractivity contribution is 5.94. The minimum absolute atomic E-state index is 0.0667. The molecule has 3 heterocycles. The zero-order chi connectivity index (χ0) is 23.9. The van der Waals surface area contributed by atoms with E-state index in [1.807, 2.05) is 24.3 Å². The van der Waals surface area contributed by atoms with Crippen molar-refractivity contribution in [1.82, 2.24) is 24.6 Å². The molecule has 1 amide bonds. The number of hydrogen-bond donors (Lipinski definition) is 2. The molecule has 1 saturated heterocycles. The lowest BCUT2D eigenvalue weighted by Crippen LogP contribution is -2.48. The van der Waals surface area contributed by atoms with Crippen LogP contribution in [0.1, 0.15) is 34.3 Å². The van der Waals surface area contributed by atoms with Crippen LogP contribution in [0, 0.1) is 12.7 Å². The quantitative estimate of drug-likeness (QED) is 0.486. The second-order valence-corrected chi connectivity index (χ2v) is 8.82. The summed E-state index contributed by atoms with van der Waals surface area (Å²) in [4.78, 5) is 33.1. The van der Waals surface area contributed by atoms with Crippen LogP contribution in [-0.4, -0.2) is 54.4 Å². The standard InChI is InChI=1S/C25H24FN5O3/c1-16-4-2-7-19(21(16)26)24(33)30-10-8-25(34,9-11-30)13-17-5-3-6-18(12-17)31-22-20(14-29-31)23(32)28-15-27-22/h2-7,12,14-15,34H,8-11,13H2,1H3,(H,27,28,32). The highest BCUT2D eigenvalue weighted by Crippen LogP contribution is 2.28. The molecule has 4 aromatic rings. The first kappa shape index (κ1) is 22.0. The molecular formula is C25H24FN5O3. The second kappa shape index (κ2) is 8.49. The average molecular weight is 461 g/mol. The van der Waals surface area contributed by atoms with E-state index in [0.29, 0.717) is 48.9 Å². The topological polar surface area (TPSA) is 104 Å². The van der Waals surface area contributed by atoms with E-state index in [9.17, 15) is 19.1 Å². The molecule has 34 heavy (non-hydrogen) atoms. The van der Waals surface area contributed by atoms with Crippen molar-refractivity contribution >= 4 is 16.9 Å². The Morgan fingerprint density at radius 3 is 2.76 bits per heavy atom. The summed E-state index contributed by atoms with van der Waals surface area (Å²) >= 11 is 0. The summed E-state index contributed by atoms with van der Waals surface area (Å²) in [6.45, 7) is 2.33. The number of aliphatic hydroxyl groups is 1. The highest BCUT2D eigenvalue weighted by atomic mass is 19.1. The molecular weight excluding hydrogens is 437 g/mol. The fourth-order valence-electron chi connectivity index (χ4n) is 4.51. The van der Waals surface area contributed by atoms with Crippen molar-refractivity contribution in [1.29, 1.82) is 0 Å². The third-order valence-corrected chi connectivity index (χ3v) is 6.46. The summed E-state index contributed by atoms with van der Waals surface area (Å²) in [5.74, 6) is -0.842. The Balaban J connectivity index is 1.31. The minimum Gasteiger partial charge on any atom is -0.389 e. The number of likely N-dealkylation sites (tertiary alicyclic amines) is 1. The number of aromatic nitrogens is 4. The van der Waals surface area contributed by atoms with Gasteiger partial charge in [0.25, 0.3) is 11.5 Å². The van der Waals surface area contributed by atoms with E-state index in [-0.39, 0.29) is 17.0 Å². The van der Waals surface area contributed by atoms with Gasteiger partial charge >= 0.3 is 0 Å². The van der Waals surface area contributed by atoms with Gasteiger partial charge in [-0.15, -0.1) is 0 Å². The fourth-order valence-corrected chi connectivity index (χ4v) is 4.51. The SMILES string of the molecule is Cc1cccc(C(=O)N2CCC(O)(Cc3cccc(-n4ncc5c(=O)[nH]cnc54)c3)CC2)c1F. The van der Waals surface area contributed by atoms with E-state index < -0.39 is 11.4 Å². The van der Waals surface area contributed by atoms with E-state index in [0.717, 1.165) is 11.3 Å². The van der Waals surface area contributed by atoms with Crippen molar-refractivity contribution in [2.24, 2.45) is 0 Å². The molecule has 1 aliphatic heterocycles. The number of carbonyl (C=O) groups excluding carboxylic acids is 1. The predicted molar refractivity (Wildman–Crippen MR) is 124 cm³/mol. The number of nitrogens with one attached hydrogen (secondary N) is 1. The molecule has 0 saturated carbocycles. The number of nitrogens with zero attached hydrogens (tertiary/aromatic N) is 4. The maximum absolute atomic E-state index is 14.4. The van der Waals surface area contributed by atoms with Gasteiger partial charge in [0.2, 0.25) is 0 Å². The number of benzene rings is 2. The maximum atomic E-state index is 14.4. The number of amides is 1. The van der Waals surface area contributed by atoms with Gasteiger partial charge in [0.05, 0.1) is 29.4 Å². The molecule has 2 N–H and O–H groups in total. The number of aryl methyl sites for hydroxylation is 1. The van der Waals surface area contributed by atoms with Crippen LogP contribution in [-0.2, 0) is 6.42 Å². The van der Waals surface area contributed by atoms with Crippen LogP contribution >= 0.6 is 0 Å². The van der Waals surface area contributed by atoms with Gasteiger partial charge in [-0.1, -0.05) is 24.3 Å². The largest absolute Gasteiger partial charge is 0.389 e. The minimum atomic E-state index is -0.984. The molecule has 1 aliphatic rings. The molecule has 174 valence electrons. The van der Waals surface area contributed by atoms with Crippen LogP contribution in [0.15, 0.2) is 59.8 Å². The number of rotatable bonds is 4. The van der Waals surface area contributed by atoms with Crippen molar-refractivity contribution in [2.75, 3.05) is 13.1 Å². The summed E-state index contributed by atoms with van der Waals surface area (Å²) in [6, 6.07) is 12.4. The summed E-state index contributed by atoms with van der Waals surface area (Å²) in [5, 5.41) is 15.9.